The highest BCUT2D eigenvalue weighted by molar-refractivity contribution is 7.25. The van der Waals surface area contributed by atoms with E-state index in [0.717, 1.165) is 55.0 Å². The second kappa shape index (κ2) is 12.2. The van der Waals surface area contributed by atoms with Gasteiger partial charge in [-0.05, 0) is 74.8 Å². The molecule has 0 saturated heterocycles. The Labute approximate surface area is 325 Å². The number of aromatic nitrogens is 4. The van der Waals surface area contributed by atoms with Gasteiger partial charge in [-0.1, -0.05) is 140 Å². The van der Waals surface area contributed by atoms with E-state index >= 15 is 0 Å². The topological polar surface area (TPSA) is 43.6 Å². The maximum atomic E-state index is 5.43. The van der Waals surface area contributed by atoms with Gasteiger partial charge in [-0.2, -0.15) is 0 Å². The van der Waals surface area contributed by atoms with Crippen LogP contribution >= 0.6 is 11.3 Å². The molecule has 4 nitrogen and oxygen atoms in total. The summed E-state index contributed by atoms with van der Waals surface area (Å²) in [5.74, 6) is 1.94. The first-order valence-corrected chi connectivity index (χ1v) is 19.7. The lowest BCUT2D eigenvalue weighted by atomic mass is 10.0. The van der Waals surface area contributed by atoms with Gasteiger partial charge in [-0.3, -0.25) is 0 Å². The molecule has 0 fully saturated rings. The van der Waals surface area contributed by atoms with Crippen molar-refractivity contribution >= 4 is 85.6 Å². The van der Waals surface area contributed by atoms with Crippen molar-refractivity contribution < 1.29 is 0 Å². The van der Waals surface area contributed by atoms with Crippen LogP contribution in [0.25, 0.3) is 114 Å². The Bertz CT molecular complexity index is 3550. The molecule has 0 saturated carbocycles. The van der Waals surface area contributed by atoms with Gasteiger partial charge in [-0.25, -0.2) is 15.0 Å². The van der Waals surface area contributed by atoms with Crippen molar-refractivity contribution in [3.63, 3.8) is 0 Å². The number of fused-ring (bicyclic) bond motifs is 9. The van der Waals surface area contributed by atoms with Crippen LogP contribution in [0.1, 0.15) is 0 Å². The molecule has 3 aromatic heterocycles. The van der Waals surface area contributed by atoms with E-state index in [1.54, 1.807) is 11.3 Å². The zero-order valence-corrected chi connectivity index (χ0v) is 30.8. The summed E-state index contributed by atoms with van der Waals surface area (Å²) in [4.78, 5) is 16.1. The third kappa shape index (κ3) is 4.75. The summed E-state index contributed by atoms with van der Waals surface area (Å²) in [6.45, 7) is 0. The van der Waals surface area contributed by atoms with Gasteiger partial charge in [0, 0.05) is 53.3 Å². The molecule has 56 heavy (non-hydrogen) atoms. The minimum atomic E-state index is 0.638. The molecule has 0 aliphatic heterocycles. The van der Waals surface area contributed by atoms with Crippen molar-refractivity contribution in [1.29, 1.82) is 0 Å². The van der Waals surface area contributed by atoms with E-state index in [1.807, 2.05) is 0 Å². The predicted molar refractivity (Wildman–Crippen MR) is 236 cm³/mol. The van der Waals surface area contributed by atoms with Crippen LogP contribution in [-0.2, 0) is 0 Å². The molecule has 0 unspecified atom stereocenters. The van der Waals surface area contributed by atoms with Gasteiger partial charge >= 0.3 is 0 Å². The Kier molecular flexibility index (Phi) is 6.76. The highest BCUT2D eigenvalue weighted by Gasteiger charge is 2.21. The number of rotatable bonds is 4. The summed E-state index contributed by atoms with van der Waals surface area (Å²) >= 11 is 1.80. The van der Waals surface area contributed by atoms with Crippen molar-refractivity contribution in [2.45, 2.75) is 0 Å². The molecule has 12 aromatic rings. The fourth-order valence-electron chi connectivity index (χ4n) is 8.66. The van der Waals surface area contributed by atoms with Gasteiger partial charge in [0.05, 0.1) is 11.0 Å². The second-order valence-electron chi connectivity index (χ2n) is 14.4. The van der Waals surface area contributed by atoms with Gasteiger partial charge in [0.15, 0.2) is 17.5 Å². The fourth-order valence-corrected chi connectivity index (χ4v) is 9.79. The Morgan fingerprint density at radius 3 is 1.71 bits per heavy atom. The van der Waals surface area contributed by atoms with Crippen molar-refractivity contribution in [3.05, 3.63) is 182 Å². The van der Waals surface area contributed by atoms with Crippen LogP contribution in [0.5, 0.6) is 0 Å². The summed E-state index contributed by atoms with van der Waals surface area (Å²) in [5, 5.41) is 11.7. The zero-order valence-electron chi connectivity index (χ0n) is 30.0. The maximum absolute atomic E-state index is 5.43. The van der Waals surface area contributed by atoms with E-state index in [0.29, 0.717) is 17.5 Å². The predicted octanol–water partition coefficient (Wildman–Crippen LogP) is 13.8. The molecule has 3 heterocycles. The van der Waals surface area contributed by atoms with Crippen molar-refractivity contribution in [2.24, 2.45) is 0 Å². The van der Waals surface area contributed by atoms with E-state index in [9.17, 15) is 0 Å². The molecule has 260 valence electrons. The average Bonchev–Trinajstić information content (AvgIpc) is 3.80. The van der Waals surface area contributed by atoms with E-state index in [1.165, 1.54) is 41.7 Å². The summed E-state index contributed by atoms with van der Waals surface area (Å²) in [7, 11) is 0. The minimum Gasteiger partial charge on any atom is -0.309 e. The van der Waals surface area contributed by atoms with Crippen LogP contribution in [0.3, 0.4) is 0 Å². The van der Waals surface area contributed by atoms with Gasteiger partial charge in [-0.15, -0.1) is 11.3 Å². The molecule has 5 heteroatoms. The fraction of sp³-hybridized carbons (Fsp3) is 0. The van der Waals surface area contributed by atoms with Crippen LogP contribution in [0, 0.1) is 0 Å². The smallest absolute Gasteiger partial charge is 0.164 e. The molecule has 0 atom stereocenters. The average molecular weight is 731 g/mol. The van der Waals surface area contributed by atoms with Crippen molar-refractivity contribution in [1.82, 2.24) is 19.5 Å². The number of thiophene rings is 1. The van der Waals surface area contributed by atoms with E-state index in [4.69, 9.17) is 15.0 Å². The molecule has 0 aliphatic carbocycles. The highest BCUT2D eigenvalue weighted by Crippen LogP contribution is 2.42. The van der Waals surface area contributed by atoms with Crippen LogP contribution in [0.4, 0.5) is 0 Å². The first kappa shape index (κ1) is 31.2. The van der Waals surface area contributed by atoms with Crippen molar-refractivity contribution in [3.8, 4) is 39.9 Å². The van der Waals surface area contributed by atoms with E-state index in [-0.39, 0.29) is 0 Å². The SMILES string of the molecule is c1ccc2cc3c(cc2c1)c1ccccc1n3-c1cc(-c2nc(-c3cccc4ccccc34)nc(-c3cccc4sc5ccccc5c34)n2)c2ccccc2c1. The lowest BCUT2D eigenvalue weighted by Crippen LogP contribution is -2.02. The number of benzene rings is 9. The first-order chi connectivity index (χ1) is 27.7. The Hall–Kier alpha value is -7.21. The Morgan fingerprint density at radius 2 is 0.893 bits per heavy atom. The molecule has 0 N–H and O–H groups in total. The van der Waals surface area contributed by atoms with Gasteiger partial charge in [0.2, 0.25) is 0 Å². The molecular formula is C51H30N4S. The third-order valence-electron chi connectivity index (χ3n) is 11.2. The molecule has 9 aromatic carbocycles. The van der Waals surface area contributed by atoms with E-state index < -0.39 is 0 Å². The summed E-state index contributed by atoms with van der Waals surface area (Å²) in [6, 6.07) is 65.1. The minimum absolute atomic E-state index is 0.638. The van der Waals surface area contributed by atoms with Gasteiger partial charge in [0.1, 0.15) is 0 Å². The first-order valence-electron chi connectivity index (χ1n) is 18.9. The van der Waals surface area contributed by atoms with E-state index in [2.05, 4.69) is 187 Å². The molecular weight excluding hydrogens is 701 g/mol. The molecule has 0 bridgehead atoms. The number of para-hydroxylation sites is 1. The van der Waals surface area contributed by atoms with Crippen LogP contribution in [-0.4, -0.2) is 19.5 Å². The number of nitrogens with zero attached hydrogens (tertiary/aromatic N) is 4. The molecule has 0 aliphatic rings. The Balaban J connectivity index is 1.18. The zero-order chi connectivity index (χ0) is 36.7. The van der Waals surface area contributed by atoms with Gasteiger partial charge in [0.25, 0.3) is 0 Å². The lowest BCUT2D eigenvalue weighted by Gasteiger charge is -2.15. The maximum Gasteiger partial charge on any atom is 0.164 e. The molecule has 0 amide bonds. The second-order valence-corrected chi connectivity index (χ2v) is 15.5. The van der Waals surface area contributed by atoms with Crippen LogP contribution in [0.2, 0.25) is 0 Å². The standard InChI is InChI=1S/C51H30N4S/c1-2-15-33-29-45-42(28-32(33)14-1)38-20-7-9-24-44(38)55(45)35-27-34-16-4-6-19-37(34)43(30-35)51-53-49(39-22-11-17-31-13-3-5-18-36(31)39)52-50(54-51)41-23-12-26-47-48(41)40-21-8-10-25-46(40)56-47/h1-30H. The van der Waals surface area contributed by atoms with Crippen molar-refractivity contribution in [2.75, 3.05) is 0 Å². The summed E-state index contributed by atoms with van der Waals surface area (Å²) in [6.07, 6.45) is 0. The van der Waals surface area contributed by atoms with Crippen LogP contribution < -0.4 is 0 Å². The van der Waals surface area contributed by atoms with Gasteiger partial charge < -0.3 is 4.57 Å². The number of hydrogen-bond acceptors (Lipinski definition) is 4. The summed E-state index contributed by atoms with van der Waals surface area (Å²) in [5.41, 5.74) is 6.31. The molecule has 0 radical (unpaired) electrons. The largest absolute Gasteiger partial charge is 0.309 e. The Morgan fingerprint density at radius 1 is 0.339 bits per heavy atom. The quantitative estimate of drug-likeness (QED) is 0.181. The highest BCUT2D eigenvalue weighted by atomic mass is 32.1. The monoisotopic (exact) mass is 730 g/mol. The molecule has 12 rings (SSSR count). The lowest BCUT2D eigenvalue weighted by molar-refractivity contribution is 1.08. The summed E-state index contributed by atoms with van der Waals surface area (Å²) < 4.78 is 4.86. The number of hydrogen-bond donors (Lipinski definition) is 0. The van der Waals surface area contributed by atoms with Crippen LogP contribution in [0.15, 0.2) is 182 Å². The normalized spacial score (nSPS) is 11.9. The third-order valence-corrected chi connectivity index (χ3v) is 12.3. The molecule has 0 spiro atoms.